The van der Waals surface area contributed by atoms with Gasteiger partial charge in [-0.25, -0.2) is 0 Å². The predicted molar refractivity (Wildman–Crippen MR) is 92.5 cm³/mol. The quantitative estimate of drug-likeness (QED) is 0.861. The van der Waals surface area contributed by atoms with Crippen molar-refractivity contribution >= 4 is 11.8 Å². The van der Waals surface area contributed by atoms with Gasteiger partial charge in [0.05, 0.1) is 12.0 Å². The normalized spacial score (nSPS) is 32.4. The third kappa shape index (κ3) is 4.50. The van der Waals surface area contributed by atoms with Gasteiger partial charge in [-0.05, 0) is 45.4 Å². The van der Waals surface area contributed by atoms with E-state index < -0.39 is 0 Å². The highest BCUT2D eigenvalue weighted by Crippen LogP contribution is 2.26. The molecule has 5 nitrogen and oxygen atoms in total. The molecule has 2 saturated heterocycles. The standard InChI is InChI=1S/C19H32N2O3/c1-14-12-15(9-11-24-14)19(23)21-10-5-6-16(13-21)18(22)20-17-7-3-2-4-8-17/h14-17H,2-13H2,1H3,(H,20,22). The summed E-state index contributed by atoms with van der Waals surface area (Å²) in [5, 5.41) is 3.24. The number of ether oxygens (including phenoxy) is 1. The van der Waals surface area contributed by atoms with Gasteiger partial charge in [-0.3, -0.25) is 9.59 Å². The van der Waals surface area contributed by atoms with Gasteiger partial charge < -0.3 is 15.0 Å². The lowest BCUT2D eigenvalue weighted by molar-refractivity contribution is -0.143. The molecule has 0 aromatic rings. The van der Waals surface area contributed by atoms with Gasteiger partial charge in [0.1, 0.15) is 0 Å². The summed E-state index contributed by atoms with van der Waals surface area (Å²) in [5.41, 5.74) is 0. The minimum Gasteiger partial charge on any atom is -0.378 e. The third-order valence-corrected chi connectivity index (χ3v) is 5.89. The van der Waals surface area contributed by atoms with E-state index in [4.69, 9.17) is 4.74 Å². The second kappa shape index (κ2) is 8.32. The maximum atomic E-state index is 12.8. The van der Waals surface area contributed by atoms with E-state index in [0.29, 0.717) is 19.2 Å². The number of carbonyl (C=O) groups is 2. The van der Waals surface area contributed by atoms with Crippen molar-refractivity contribution < 1.29 is 14.3 Å². The lowest BCUT2D eigenvalue weighted by atomic mass is 9.90. The van der Waals surface area contributed by atoms with Crippen LogP contribution in [-0.4, -0.2) is 48.6 Å². The summed E-state index contributed by atoms with van der Waals surface area (Å²) in [4.78, 5) is 27.3. The van der Waals surface area contributed by atoms with Crippen molar-refractivity contribution in [3.05, 3.63) is 0 Å². The first-order chi connectivity index (χ1) is 11.6. The van der Waals surface area contributed by atoms with Crippen molar-refractivity contribution in [1.82, 2.24) is 10.2 Å². The molecule has 3 fully saturated rings. The van der Waals surface area contributed by atoms with Crippen LogP contribution in [0.1, 0.15) is 64.7 Å². The molecule has 2 amide bonds. The zero-order valence-electron chi connectivity index (χ0n) is 15.0. The molecule has 3 unspecified atom stereocenters. The van der Waals surface area contributed by atoms with Gasteiger partial charge in [0.15, 0.2) is 0 Å². The Balaban J connectivity index is 1.51. The molecule has 0 aromatic heterocycles. The maximum Gasteiger partial charge on any atom is 0.225 e. The Bertz CT molecular complexity index is 448. The average Bonchev–Trinajstić information content (AvgIpc) is 2.62. The summed E-state index contributed by atoms with van der Waals surface area (Å²) in [6, 6.07) is 0.355. The third-order valence-electron chi connectivity index (χ3n) is 5.89. The highest BCUT2D eigenvalue weighted by molar-refractivity contribution is 5.82. The van der Waals surface area contributed by atoms with Crippen LogP contribution in [0, 0.1) is 11.8 Å². The molecule has 1 saturated carbocycles. The molecule has 24 heavy (non-hydrogen) atoms. The van der Waals surface area contributed by atoms with Crippen molar-refractivity contribution in [2.75, 3.05) is 19.7 Å². The molecule has 0 spiro atoms. The average molecular weight is 336 g/mol. The molecule has 0 bridgehead atoms. The fourth-order valence-corrected chi connectivity index (χ4v) is 4.44. The van der Waals surface area contributed by atoms with Crippen LogP contribution in [0.5, 0.6) is 0 Å². The van der Waals surface area contributed by atoms with Crippen molar-refractivity contribution in [2.24, 2.45) is 11.8 Å². The van der Waals surface area contributed by atoms with Gasteiger partial charge >= 0.3 is 0 Å². The Kier molecular flexibility index (Phi) is 6.14. The zero-order chi connectivity index (χ0) is 16.9. The summed E-state index contributed by atoms with van der Waals surface area (Å²) in [6.07, 6.45) is 9.61. The summed E-state index contributed by atoms with van der Waals surface area (Å²) in [6.45, 7) is 4.12. The first-order valence-corrected chi connectivity index (χ1v) is 9.84. The molecule has 1 aliphatic carbocycles. The lowest BCUT2D eigenvalue weighted by Crippen LogP contribution is -2.49. The van der Waals surface area contributed by atoms with Gasteiger partial charge in [0, 0.05) is 31.7 Å². The zero-order valence-corrected chi connectivity index (χ0v) is 15.0. The molecule has 2 aliphatic heterocycles. The minimum atomic E-state index is -0.0260. The van der Waals surface area contributed by atoms with E-state index in [9.17, 15) is 9.59 Å². The van der Waals surface area contributed by atoms with Crippen LogP contribution >= 0.6 is 0 Å². The second-order valence-electron chi connectivity index (χ2n) is 7.87. The molecular formula is C19H32N2O3. The molecule has 0 aromatic carbocycles. The number of amides is 2. The van der Waals surface area contributed by atoms with Crippen molar-refractivity contribution in [3.8, 4) is 0 Å². The van der Waals surface area contributed by atoms with Crippen molar-refractivity contribution in [2.45, 2.75) is 76.9 Å². The number of piperidine rings is 1. The number of rotatable bonds is 3. The van der Waals surface area contributed by atoms with Crippen LogP contribution in [0.15, 0.2) is 0 Å². The van der Waals surface area contributed by atoms with E-state index in [-0.39, 0.29) is 29.8 Å². The van der Waals surface area contributed by atoms with Crippen molar-refractivity contribution in [3.63, 3.8) is 0 Å². The number of likely N-dealkylation sites (tertiary alicyclic amines) is 1. The van der Waals surface area contributed by atoms with Gasteiger partial charge in [0.2, 0.25) is 11.8 Å². The van der Waals surface area contributed by atoms with Gasteiger partial charge in [-0.2, -0.15) is 0 Å². The van der Waals surface area contributed by atoms with Crippen molar-refractivity contribution in [1.29, 1.82) is 0 Å². The van der Waals surface area contributed by atoms with Crippen LogP contribution < -0.4 is 5.32 Å². The summed E-state index contributed by atoms with van der Waals surface area (Å²) in [7, 11) is 0. The Morgan fingerprint density at radius 1 is 1.00 bits per heavy atom. The van der Waals surface area contributed by atoms with E-state index >= 15 is 0 Å². The second-order valence-corrected chi connectivity index (χ2v) is 7.87. The Hall–Kier alpha value is -1.10. The van der Waals surface area contributed by atoms with Crippen LogP contribution in [0.25, 0.3) is 0 Å². The maximum absolute atomic E-state index is 12.8. The van der Waals surface area contributed by atoms with Crippen LogP contribution in [0.2, 0.25) is 0 Å². The van der Waals surface area contributed by atoms with E-state index in [2.05, 4.69) is 5.32 Å². The van der Waals surface area contributed by atoms with E-state index in [1.54, 1.807) is 0 Å². The van der Waals surface area contributed by atoms with Crippen LogP contribution in [0.4, 0.5) is 0 Å². The van der Waals surface area contributed by atoms with E-state index in [1.165, 1.54) is 19.3 Å². The number of nitrogens with zero attached hydrogens (tertiary/aromatic N) is 1. The number of carbonyl (C=O) groups excluding carboxylic acids is 2. The minimum absolute atomic E-state index is 0.0260. The summed E-state index contributed by atoms with van der Waals surface area (Å²) in [5.74, 6) is 0.454. The smallest absolute Gasteiger partial charge is 0.225 e. The van der Waals surface area contributed by atoms with Crippen LogP contribution in [-0.2, 0) is 14.3 Å². The highest BCUT2D eigenvalue weighted by Gasteiger charge is 2.34. The molecule has 3 rings (SSSR count). The fraction of sp³-hybridized carbons (Fsp3) is 0.895. The van der Waals surface area contributed by atoms with E-state index in [0.717, 1.165) is 45.1 Å². The predicted octanol–water partition coefficient (Wildman–Crippen LogP) is 2.49. The molecule has 0 radical (unpaired) electrons. The monoisotopic (exact) mass is 336 g/mol. The molecule has 1 N–H and O–H groups in total. The topological polar surface area (TPSA) is 58.6 Å². The van der Waals surface area contributed by atoms with Crippen LogP contribution in [0.3, 0.4) is 0 Å². The molecule has 5 heteroatoms. The molecule has 3 atom stereocenters. The first kappa shape index (κ1) is 17.7. The number of hydrogen-bond donors (Lipinski definition) is 1. The Morgan fingerprint density at radius 2 is 1.79 bits per heavy atom. The van der Waals surface area contributed by atoms with Gasteiger partial charge in [-0.15, -0.1) is 0 Å². The number of nitrogens with one attached hydrogen (secondary N) is 1. The first-order valence-electron chi connectivity index (χ1n) is 9.84. The summed E-state index contributed by atoms with van der Waals surface area (Å²) < 4.78 is 5.55. The van der Waals surface area contributed by atoms with Gasteiger partial charge in [-0.1, -0.05) is 19.3 Å². The van der Waals surface area contributed by atoms with Gasteiger partial charge in [0.25, 0.3) is 0 Å². The molecule has 2 heterocycles. The lowest BCUT2D eigenvalue weighted by Gasteiger charge is -2.37. The molecular weight excluding hydrogens is 304 g/mol. The summed E-state index contributed by atoms with van der Waals surface area (Å²) >= 11 is 0. The highest BCUT2D eigenvalue weighted by atomic mass is 16.5. The Morgan fingerprint density at radius 3 is 2.54 bits per heavy atom. The van der Waals surface area contributed by atoms with E-state index in [1.807, 2.05) is 11.8 Å². The largest absolute Gasteiger partial charge is 0.378 e. The molecule has 3 aliphatic rings. The SMILES string of the molecule is CC1CC(C(=O)N2CCCC(C(=O)NC3CCCCC3)C2)CCO1. The Labute approximate surface area is 145 Å². The number of hydrogen-bond acceptors (Lipinski definition) is 3. The molecule has 136 valence electrons. The fourth-order valence-electron chi connectivity index (χ4n) is 4.44.